The monoisotopic (exact) mass is 257 g/mol. The second kappa shape index (κ2) is 5.13. The Morgan fingerprint density at radius 3 is 2.37 bits per heavy atom. The third-order valence-corrected chi connectivity index (χ3v) is 4.33. The molecule has 1 aliphatic carbocycles. The van der Waals surface area contributed by atoms with Crippen molar-refractivity contribution in [1.82, 2.24) is 5.32 Å². The predicted molar refractivity (Wildman–Crippen MR) is 83.3 cm³/mol. The fourth-order valence-electron chi connectivity index (χ4n) is 2.80. The lowest BCUT2D eigenvalue weighted by Crippen LogP contribution is -2.43. The van der Waals surface area contributed by atoms with E-state index in [4.69, 9.17) is 0 Å². The van der Waals surface area contributed by atoms with Crippen LogP contribution in [0.15, 0.2) is 43.0 Å². The van der Waals surface area contributed by atoms with Crippen molar-refractivity contribution in [3.05, 3.63) is 48.6 Å². The lowest BCUT2D eigenvalue weighted by molar-refractivity contribution is 0.289. The zero-order valence-electron chi connectivity index (χ0n) is 12.7. The van der Waals surface area contributed by atoms with Gasteiger partial charge in [-0.15, -0.1) is 6.58 Å². The topological polar surface area (TPSA) is 12.0 Å². The zero-order valence-corrected chi connectivity index (χ0v) is 12.7. The van der Waals surface area contributed by atoms with Gasteiger partial charge in [0.25, 0.3) is 0 Å². The van der Waals surface area contributed by atoms with Crippen LogP contribution in [0.3, 0.4) is 0 Å². The van der Waals surface area contributed by atoms with Crippen LogP contribution in [0.1, 0.15) is 45.6 Å². The maximum Gasteiger partial charge on any atom is 0.00968 e. The molecule has 3 atom stereocenters. The van der Waals surface area contributed by atoms with Gasteiger partial charge >= 0.3 is 0 Å². The maximum absolute atomic E-state index is 4.08. The van der Waals surface area contributed by atoms with Crippen molar-refractivity contribution >= 4 is 0 Å². The molecule has 0 bridgehead atoms. The molecule has 1 nitrogen and oxygen atoms in total. The van der Waals surface area contributed by atoms with Gasteiger partial charge in [0.1, 0.15) is 0 Å². The molecule has 0 aromatic heterocycles. The van der Waals surface area contributed by atoms with E-state index in [1.54, 1.807) is 0 Å². The van der Waals surface area contributed by atoms with E-state index in [0.29, 0.717) is 5.92 Å². The first-order chi connectivity index (χ1) is 8.86. The van der Waals surface area contributed by atoms with Gasteiger partial charge in [0, 0.05) is 17.5 Å². The summed E-state index contributed by atoms with van der Waals surface area (Å²) in [6.07, 6.45) is 3.44. The molecule has 0 aliphatic heterocycles. The van der Waals surface area contributed by atoms with E-state index in [1.807, 2.05) is 0 Å². The fourth-order valence-corrected chi connectivity index (χ4v) is 2.80. The van der Waals surface area contributed by atoms with Crippen LogP contribution >= 0.6 is 0 Å². The highest BCUT2D eigenvalue weighted by Gasteiger charge is 2.49. The molecule has 1 N–H and O–H groups in total. The average molecular weight is 257 g/mol. The van der Waals surface area contributed by atoms with E-state index < -0.39 is 0 Å². The van der Waals surface area contributed by atoms with E-state index in [-0.39, 0.29) is 11.0 Å². The number of rotatable bonds is 5. The van der Waals surface area contributed by atoms with Crippen LogP contribution in [0.25, 0.3) is 0 Å². The molecule has 2 rings (SSSR count). The number of hydrogen-bond acceptors (Lipinski definition) is 1. The molecule has 0 spiro atoms. The molecule has 1 heteroatoms. The molecule has 1 aliphatic rings. The summed E-state index contributed by atoms with van der Waals surface area (Å²) in [6, 6.07) is 10.9. The van der Waals surface area contributed by atoms with Crippen molar-refractivity contribution in [3.63, 3.8) is 0 Å². The molecule has 1 aromatic rings. The summed E-state index contributed by atoms with van der Waals surface area (Å²) in [6.45, 7) is 14.1. The highest BCUT2D eigenvalue weighted by atomic mass is 15.0. The van der Waals surface area contributed by atoms with Crippen molar-refractivity contribution in [2.45, 2.75) is 45.6 Å². The Bertz CT molecular complexity index is 429. The number of nitrogens with one attached hydrogen (secondary N) is 1. The Kier molecular flexibility index (Phi) is 3.87. The summed E-state index contributed by atoms with van der Waals surface area (Å²) < 4.78 is 0. The van der Waals surface area contributed by atoms with Crippen LogP contribution in [0.5, 0.6) is 0 Å². The molecular weight excluding hydrogens is 230 g/mol. The lowest BCUT2D eigenvalue weighted by atomic mass is 9.82. The van der Waals surface area contributed by atoms with Crippen LogP contribution in [-0.4, -0.2) is 12.1 Å². The molecule has 3 unspecified atom stereocenters. The minimum Gasteiger partial charge on any atom is -0.311 e. The SMILES string of the molecule is C=CC(C)(CNC(C)(C)C)C1CC1c1ccccc1. The Morgan fingerprint density at radius 2 is 1.84 bits per heavy atom. The van der Waals surface area contributed by atoms with Gasteiger partial charge in [0.05, 0.1) is 0 Å². The maximum atomic E-state index is 4.08. The fraction of sp³-hybridized carbons (Fsp3) is 0.556. The molecule has 0 heterocycles. The summed E-state index contributed by atoms with van der Waals surface area (Å²) >= 11 is 0. The quantitative estimate of drug-likeness (QED) is 0.772. The third-order valence-electron chi connectivity index (χ3n) is 4.33. The Hall–Kier alpha value is -1.08. The van der Waals surface area contributed by atoms with Crippen molar-refractivity contribution in [3.8, 4) is 0 Å². The molecule has 1 aromatic carbocycles. The van der Waals surface area contributed by atoms with Crippen LogP contribution < -0.4 is 5.32 Å². The van der Waals surface area contributed by atoms with Gasteiger partial charge < -0.3 is 5.32 Å². The molecular formula is C18H27N. The lowest BCUT2D eigenvalue weighted by Gasteiger charge is -2.32. The van der Waals surface area contributed by atoms with E-state index in [9.17, 15) is 0 Å². The minimum absolute atomic E-state index is 0.168. The predicted octanol–water partition coefficient (Wildman–Crippen LogP) is 4.37. The zero-order chi connectivity index (χ0) is 14.1. The summed E-state index contributed by atoms with van der Waals surface area (Å²) in [5.41, 5.74) is 1.84. The number of hydrogen-bond donors (Lipinski definition) is 1. The van der Waals surface area contributed by atoms with Crippen LogP contribution in [-0.2, 0) is 0 Å². The Labute approximate surface area is 118 Å². The highest BCUT2D eigenvalue weighted by Crippen LogP contribution is 2.57. The number of benzene rings is 1. The summed E-state index contributed by atoms with van der Waals surface area (Å²) in [5, 5.41) is 3.64. The van der Waals surface area contributed by atoms with Crippen molar-refractivity contribution < 1.29 is 0 Å². The third kappa shape index (κ3) is 3.48. The smallest absolute Gasteiger partial charge is 0.00968 e. The van der Waals surface area contributed by atoms with Crippen molar-refractivity contribution in [2.24, 2.45) is 11.3 Å². The van der Waals surface area contributed by atoms with E-state index >= 15 is 0 Å². The largest absolute Gasteiger partial charge is 0.311 e. The van der Waals surface area contributed by atoms with Crippen molar-refractivity contribution in [1.29, 1.82) is 0 Å². The van der Waals surface area contributed by atoms with Gasteiger partial charge in [-0.05, 0) is 44.6 Å². The second-order valence-corrected chi connectivity index (χ2v) is 7.17. The summed E-state index contributed by atoms with van der Waals surface area (Å²) in [4.78, 5) is 0. The van der Waals surface area contributed by atoms with E-state index in [1.165, 1.54) is 12.0 Å². The first-order valence-corrected chi connectivity index (χ1v) is 7.29. The summed E-state index contributed by atoms with van der Waals surface area (Å²) in [7, 11) is 0. The molecule has 0 amide bonds. The minimum atomic E-state index is 0.168. The van der Waals surface area contributed by atoms with Gasteiger partial charge in [-0.2, -0.15) is 0 Å². The van der Waals surface area contributed by atoms with E-state index in [2.05, 4.69) is 76.0 Å². The van der Waals surface area contributed by atoms with Gasteiger partial charge in [0.15, 0.2) is 0 Å². The summed E-state index contributed by atoms with van der Waals surface area (Å²) in [5.74, 6) is 1.44. The van der Waals surface area contributed by atoms with Gasteiger partial charge in [-0.25, -0.2) is 0 Å². The first kappa shape index (κ1) is 14.3. The first-order valence-electron chi connectivity index (χ1n) is 7.29. The average Bonchev–Trinajstić information content (AvgIpc) is 3.17. The molecule has 1 fully saturated rings. The normalized spacial score (nSPS) is 25.7. The standard InChI is InChI=1S/C18H27N/c1-6-18(5,13-19-17(2,3)4)16-12-15(16)14-10-8-7-9-11-14/h6-11,15-16,19H,1,12-13H2,2-5H3. The van der Waals surface area contributed by atoms with Gasteiger partial charge in [0.2, 0.25) is 0 Å². The molecule has 0 radical (unpaired) electrons. The van der Waals surface area contributed by atoms with Crippen LogP contribution in [0, 0.1) is 11.3 Å². The Balaban J connectivity index is 2.02. The molecule has 0 saturated heterocycles. The van der Waals surface area contributed by atoms with Gasteiger partial charge in [-0.1, -0.05) is 43.3 Å². The van der Waals surface area contributed by atoms with Crippen LogP contribution in [0.4, 0.5) is 0 Å². The van der Waals surface area contributed by atoms with Crippen molar-refractivity contribution in [2.75, 3.05) is 6.54 Å². The second-order valence-electron chi connectivity index (χ2n) is 7.17. The van der Waals surface area contributed by atoms with Crippen LogP contribution in [0.2, 0.25) is 0 Å². The highest BCUT2D eigenvalue weighted by molar-refractivity contribution is 5.28. The molecule has 1 saturated carbocycles. The van der Waals surface area contributed by atoms with E-state index in [0.717, 1.165) is 12.5 Å². The Morgan fingerprint density at radius 1 is 1.21 bits per heavy atom. The molecule has 19 heavy (non-hydrogen) atoms. The molecule has 104 valence electrons. The van der Waals surface area contributed by atoms with Gasteiger partial charge in [-0.3, -0.25) is 0 Å².